The Labute approximate surface area is 209 Å². The van der Waals surface area contributed by atoms with Crippen molar-refractivity contribution in [3.63, 3.8) is 0 Å². The fraction of sp³-hybridized carbons (Fsp3) is 0.200. The molecule has 0 bridgehead atoms. The minimum absolute atomic E-state index is 0.0182. The van der Waals surface area contributed by atoms with E-state index in [4.69, 9.17) is 0 Å². The number of hydrogen-bond acceptors (Lipinski definition) is 0. The van der Waals surface area contributed by atoms with E-state index in [9.17, 15) is 0 Å². The third-order valence-electron chi connectivity index (χ3n) is 7.39. The molecule has 0 spiro atoms. The quantitative estimate of drug-likeness (QED) is 0.158. The van der Waals surface area contributed by atoms with Crippen LogP contribution >= 0.6 is 0 Å². The van der Waals surface area contributed by atoms with E-state index in [2.05, 4.69) is 111 Å². The molecule has 1 aliphatic carbocycles. The lowest BCUT2D eigenvalue weighted by molar-refractivity contribution is 0.661. The number of benzene rings is 6. The minimum atomic E-state index is -0.0182. The zero-order valence-electron chi connectivity index (χ0n) is 21.7. The van der Waals surface area contributed by atoms with Gasteiger partial charge in [0.1, 0.15) is 0 Å². The standard InChI is InChI=1S/C31H22.2C2H6/c1-31(2)26-16-14-23-17-21-8-3-4-9-22(21)18-25(23)29(26)30-27(31)15-13-20-12-11-19-7-5-6-10-24(19)28(20)30;2*1-2/h3-18H,1-2H3;2*1-2H3. The SMILES string of the molecule is CC.CC.CC1(C)c2ccc3cc4ccccc4cc3c2-c2c1ccc1ccc3ccccc3c21. The fourth-order valence-electron chi connectivity index (χ4n) is 5.83. The van der Waals surface area contributed by atoms with Crippen LogP contribution in [-0.2, 0) is 5.41 Å². The Morgan fingerprint density at radius 1 is 0.429 bits per heavy atom. The molecule has 0 heteroatoms. The second kappa shape index (κ2) is 8.86. The van der Waals surface area contributed by atoms with E-state index in [1.165, 1.54) is 65.3 Å². The Balaban J connectivity index is 0.000000605. The average molecular weight is 455 g/mol. The molecule has 6 aromatic carbocycles. The van der Waals surface area contributed by atoms with Crippen molar-refractivity contribution in [2.45, 2.75) is 47.0 Å². The summed E-state index contributed by atoms with van der Waals surface area (Å²) in [6, 6.07) is 36.1. The second-order valence-electron chi connectivity index (χ2n) is 9.41. The Morgan fingerprint density at radius 2 is 0.943 bits per heavy atom. The van der Waals surface area contributed by atoms with Gasteiger partial charge in [-0.1, -0.05) is 126 Å². The van der Waals surface area contributed by atoms with Crippen LogP contribution in [0.1, 0.15) is 52.7 Å². The highest BCUT2D eigenvalue weighted by molar-refractivity contribution is 6.20. The molecule has 0 heterocycles. The van der Waals surface area contributed by atoms with Crippen molar-refractivity contribution in [1.82, 2.24) is 0 Å². The van der Waals surface area contributed by atoms with Crippen LogP contribution < -0.4 is 0 Å². The van der Waals surface area contributed by atoms with Crippen LogP contribution in [0.5, 0.6) is 0 Å². The number of fused-ring (bicyclic) bond motifs is 10. The van der Waals surface area contributed by atoms with Crippen LogP contribution in [0, 0.1) is 0 Å². The molecule has 0 aliphatic heterocycles. The van der Waals surface area contributed by atoms with Gasteiger partial charge in [-0.25, -0.2) is 0 Å². The van der Waals surface area contributed by atoms with E-state index in [1.54, 1.807) is 0 Å². The van der Waals surface area contributed by atoms with Crippen LogP contribution in [0.25, 0.3) is 54.2 Å². The average Bonchev–Trinajstić information content (AvgIpc) is 3.16. The molecule has 0 radical (unpaired) electrons. The van der Waals surface area contributed by atoms with Gasteiger partial charge in [-0.05, 0) is 77.5 Å². The molecule has 0 saturated heterocycles. The monoisotopic (exact) mass is 454 g/mol. The first-order chi connectivity index (χ1) is 17.1. The van der Waals surface area contributed by atoms with Crippen molar-refractivity contribution in [3.05, 3.63) is 108 Å². The van der Waals surface area contributed by atoms with Gasteiger partial charge in [0.25, 0.3) is 0 Å². The highest BCUT2D eigenvalue weighted by atomic mass is 14.4. The summed E-state index contributed by atoms with van der Waals surface area (Å²) < 4.78 is 0. The third-order valence-corrected chi connectivity index (χ3v) is 7.39. The summed E-state index contributed by atoms with van der Waals surface area (Å²) in [5, 5.41) is 10.7. The summed E-state index contributed by atoms with van der Waals surface area (Å²) in [4.78, 5) is 0. The molecule has 6 aromatic rings. The summed E-state index contributed by atoms with van der Waals surface area (Å²) >= 11 is 0. The van der Waals surface area contributed by atoms with E-state index < -0.39 is 0 Å². The van der Waals surface area contributed by atoms with Crippen LogP contribution in [-0.4, -0.2) is 0 Å². The largest absolute Gasteiger partial charge is 0.0683 e. The molecule has 0 amide bonds. The Hall–Kier alpha value is -3.64. The van der Waals surface area contributed by atoms with Crippen LogP contribution in [0.2, 0.25) is 0 Å². The van der Waals surface area contributed by atoms with Crippen molar-refractivity contribution in [1.29, 1.82) is 0 Å². The molecule has 0 atom stereocenters. The third kappa shape index (κ3) is 3.35. The summed E-state index contributed by atoms with van der Waals surface area (Å²) in [6.07, 6.45) is 0. The zero-order valence-corrected chi connectivity index (χ0v) is 21.7. The highest BCUT2D eigenvalue weighted by Crippen LogP contribution is 2.54. The van der Waals surface area contributed by atoms with Gasteiger partial charge < -0.3 is 0 Å². The normalized spacial score (nSPS) is 13.1. The molecule has 0 fully saturated rings. The van der Waals surface area contributed by atoms with E-state index in [1.807, 2.05) is 27.7 Å². The van der Waals surface area contributed by atoms with E-state index in [0.29, 0.717) is 0 Å². The number of hydrogen-bond donors (Lipinski definition) is 0. The molecule has 7 rings (SSSR count). The van der Waals surface area contributed by atoms with Gasteiger partial charge in [0, 0.05) is 5.41 Å². The van der Waals surface area contributed by atoms with Gasteiger partial charge in [0.05, 0.1) is 0 Å². The van der Waals surface area contributed by atoms with Crippen LogP contribution in [0.3, 0.4) is 0 Å². The maximum atomic E-state index is 2.40. The Bertz CT molecular complexity index is 1700. The summed E-state index contributed by atoms with van der Waals surface area (Å²) in [5.41, 5.74) is 5.70. The molecule has 0 aromatic heterocycles. The molecular formula is C35H34. The molecule has 174 valence electrons. The summed E-state index contributed by atoms with van der Waals surface area (Å²) in [5.74, 6) is 0. The zero-order chi connectivity index (χ0) is 24.7. The lowest BCUT2D eigenvalue weighted by Crippen LogP contribution is -2.14. The van der Waals surface area contributed by atoms with E-state index >= 15 is 0 Å². The van der Waals surface area contributed by atoms with E-state index in [-0.39, 0.29) is 5.41 Å². The predicted octanol–water partition coefficient (Wildman–Crippen LogP) is 10.7. The predicted molar refractivity (Wildman–Crippen MR) is 157 cm³/mol. The van der Waals surface area contributed by atoms with Crippen molar-refractivity contribution in [2.24, 2.45) is 0 Å². The molecule has 0 saturated carbocycles. The highest BCUT2D eigenvalue weighted by Gasteiger charge is 2.37. The van der Waals surface area contributed by atoms with Crippen molar-refractivity contribution >= 4 is 43.1 Å². The van der Waals surface area contributed by atoms with Gasteiger partial charge in [0.15, 0.2) is 0 Å². The lowest BCUT2D eigenvalue weighted by Gasteiger charge is -2.22. The van der Waals surface area contributed by atoms with Gasteiger partial charge in [-0.3, -0.25) is 0 Å². The van der Waals surface area contributed by atoms with E-state index in [0.717, 1.165) is 0 Å². The molecule has 1 aliphatic rings. The topological polar surface area (TPSA) is 0 Å². The van der Waals surface area contributed by atoms with Gasteiger partial charge >= 0.3 is 0 Å². The van der Waals surface area contributed by atoms with Crippen LogP contribution in [0.4, 0.5) is 0 Å². The summed E-state index contributed by atoms with van der Waals surface area (Å²) in [7, 11) is 0. The number of rotatable bonds is 0. The van der Waals surface area contributed by atoms with Gasteiger partial charge in [-0.15, -0.1) is 0 Å². The van der Waals surface area contributed by atoms with Crippen molar-refractivity contribution in [2.75, 3.05) is 0 Å². The molecule has 0 nitrogen and oxygen atoms in total. The second-order valence-corrected chi connectivity index (χ2v) is 9.41. The molecule has 0 unspecified atom stereocenters. The molecular weight excluding hydrogens is 420 g/mol. The molecule has 0 N–H and O–H groups in total. The minimum Gasteiger partial charge on any atom is -0.0683 e. The van der Waals surface area contributed by atoms with Crippen molar-refractivity contribution < 1.29 is 0 Å². The first kappa shape index (κ1) is 23.1. The Morgan fingerprint density at radius 3 is 1.66 bits per heavy atom. The first-order valence-corrected chi connectivity index (χ1v) is 13.0. The lowest BCUT2D eigenvalue weighted by atomic mass is 9.81. The maximum absolute atomic E-state index is 2.40. The summed E-state index contributed by atoms with van der Waals surface area (Å²) in [6.45, 7) is 12.8. The molecule has 35 heavy (non-hydrogen) atoms. The van der Waals surface area contributed by atoms with Gasteiger partial charge in [0.2, 0.25) is 0 Å². The Kier molecular flexibility index (Phi) is 5.85. The fourth-order valence-corrected chi connectivity index (χ4v) is 5.83. The van der Waals surface area contributed by atoms with Gasteiger partial charge in [-0.2, -0.15) is 0 Å². The maximum Gasteiger partial charge on any atom is 0.0159 e. The smallest absolute Gasteiger partial charge is 0.0159 e. The first-order valence-electron chi connectivity index (χ1n) is 13.0. The van der Waals surface area contributed by atoms with Crippen LogP contribution in [0.15, 0.2) is 97.1 Å². The van der Waals surface area contributed by atoms with Crippen molar-refractivity contribution in [3.8, 4) is 11.1 Å².